The average Bonchev–Trinajstić information content (AvgIpc) is 3.32. The van der Waals surface area contributed by atoms with Gasteiger partial charge in [0.1, 0.15) is 48.3 Å². The zero-order valence-electron chi connectivity index (χ0n) is 45.1. The van der Waals surface area contributed by atoms with Crippen LogP contribution in [0.1, 0.15) is 112 Å². The van der Waals surface area contributed by atoms with Crippen LogP contribution in [-0.4, -0.2) is 125 Å². The first-order valence-corrected chi connectivity index (χ1v) is 25.6. The lowest BCUT2D eigenvalue weighted by atomic mass is 9.99. The zero-order valence-corrected chi connectivity index (χ0v) is 45.1. The van der Waals surface area contributed by atoms with Crippen molar-refractivity contribution in [1.29, 1.82) is 0 Å². The Morgan fingerprint density at radius 2 is 0.829 bits per heavy atom. The van der Waals surface area contributed by atoms with Crippen LogP contribution in [0.25, 0.3) is 0 Å². The van der Waals surface area contributed by atoms with Crippen LogP contribution in [0.4, 0.5) is 0 Å². The van der Waals surface area contributed by atoms with Gasteiger partial charge in [-0.1, -0.05) is 116 Å². The maximum atomic E-state index is 14.5. The van der Waals surface area contributed by atoms with E-state index in [1.165, 1.54) is 6.92 Å². The predicted molar refractivity (Wildman–Crippen MR) is 282 cm³/mol. The van der Waals surface area contributed by atoms with Gasteiger partial charge in [0.15, 0.2) is 0 Å². The Hall–Kier alpha value is -7.43. The molecule has 2 aromatic rings. The molecule has 23 nitrogen and oxygen atoms in total. The molecule has 10 amide bonds. The summed E-state index contributed by atoms with van der Waals surface area (Å²) in [5, 5.41) is 30.2. The summed E-state index contributed by atoms with van der Waals surface area (Å²) in [6, 6.07) is 5.03. The number of hydrogen-bond donors (Lipinski definition) is 12. The fraction of sp³-hybridized carbons (Fsp3) is 0.566. The first-order chi connectivity index (χ1) is 35.6. The van der Waals surface area contributed by atoms with E-state index < -0.39 is 132 Å². The minimum absolute atomic E-state index is 0.0102. The van der Waals surface area contributed by atoms with Crippen molar-refractivity contribution in [1.82, 2.24) is 42.5 Å². The Bertz CT molecular complexity index is 2300. The first-order valence-electron chi connectivity index (χ1n) is 25.6. The summed E-state index contributed by atoms with van der Waals surface area (Å²) in [4.78, 5) is 147. The summed E-state index contributed by atoms with van der Waals surface area (Å²) in [7, 11) is 0. The van der Waals surface area contributed by atoms with Gasteiger partial charge in [0.25, 0.3) is 0 Å². The number of nitrogens with one attached hydrogen (secondary N) is 8. The van der Waals surface area contributed by atoms with Crippen LogP contribution in [0.2, 0.25) is 0 Å². The van der Waals surface area contributed by atoms with Crippen molar-refractivity contribution in [2.24, 2.45) is 40.9 Å². The fourth-order valence-corrected chi connectivity index (χ4v) is 7.92. The standard InChI is InChI=1S/C53H81N11O12/c1-28(2)22-35(54)46(68)64-44(31(7)8)52(74)62-40(27-43(56)66)51(73)61-39(26-34-18-14-11-15-19-34)50(72)59-37(23-29(3)4)48(70)60-38(25-33-16-12-10-13-17-33)49(71)58-36(20-21-42(55)65)47(69)57-32(9)45(67)63-41(53(75)76)24-30(5)6/h10-19,28-32,35-41,44H,20-27,54H2,1-9H3,(H2,55,65)(H2,56,66)(H,57,69)(H,58,71)(H,59,72)(H,60,70)(H,61,73)(H,62,74)(H,63,67)(H,64,68)(H,75,76)/t32-,35-,36-,37-,38-,39-,40-,41-,44-/m0/s1. The SMILES string of the molecule is CC(C)C[C@H](NC(=O)[C@H](C)NC(=O)[C@H](CCC(N)=O)NC(=O)[C@H](Cc1ccccc1)NC(=O)[C@H](CC(C)C)NC(=O)[C@H](Cc1ccccc1)NC(=O)[C@H](CC(N)=O)NC(=O)[C@@H](NC(=O)[C@@H](N)CC(C)C)C(C)C)C(=O)O. The van der Waals surface area contributed by atoms with Gasteiger partial charge in [-0.15, -0.1) is 0 Å². The molecule has 0 saturated heterocycles. The first kappa shape index (κ1) is 64.7. The fourth-order valence-electron chi connectivity index (χ4n) is 7.92. The molecule has 0 aliphatic carbocycles. The molecule has 0 radical (unpaired) electrons. The van der Waals surface area contributed by atoms with Crippen molar-refractivity contribution in [3.63, 3.8) is 0 Å². The Morgan fingerprint density at radius 3 is 1.26 bits per heavy atom. The van der Waals surface area contributed by atoms with Crippen LogP contribution in [0, 0.1) is 23.7 Å². The summed E-state index contributed by atoms with van der Waals surface area (Å²) < 4.78 is 0. The second-order valence-corrected chi connectivity index (χ2v) is 20.7. The molecule has 0 fully saturated rings. The number of benzene rings is 2. The lowest BCUT2D eigenvalue weighted by Crippen LogP contribution is -2.61. The van der Waals surface area contributed by atoms with Crippen LogP contribution < -0.4 is 59.7 Å². The minimum Gasteiger partial charge on any atom is -0.480 e. The van der Waals surface area contributed by atoms with E-state index in [-0.39, 0.29) is 56.3 Å². The molecule has 2 aromatic carbocycles. The average molecular weight is 1060 g/mol. The van der Waals surface area contributed by atoms with E-state index in [1.807, 2.05) is 13.8 Å². The third-order valence-corrected chi connectivity index (χ3v) is 11.9. The topological polar surface area (TPSA) is 382 Å². The molecular weight excluding hydrogens is 983 g/mol. The lowest BCUT2D eigenvalue weighted by Gasteiger charge is -2.29. The largest absolute Gasteiger partial charge is 0.480 e. The van der Waals surface area contributed by atoms with E-state index in [4.69, 9.17) is 17.2 Å². The molecule has 23 heteroatoms. The molecule has 0 aliphatic rings. The molecule has 0 unspecified atom stereocenters. The summed E-state index contributed by atoms with van der Waals surface area (Å²) in [6.45, 7) is 15.5. The Balaban J connectivity index is 2.50. The molecule has 420 valence electrons. The van der Waals surface area contributed by atoms with E-state index in [0.29, 0.717) is 17.5 Å². The Labute approximate surface area is 444 Å². The van der Waals surface area contributed by atoms with Crippen LogP contribution >= 0.6 is 0 Å². The number of carboxylic acids is 1. The van der Waals surface area contributed by atoms with Crippen molar-refractivity contribution in [2.45, 2.75) is 168 Å². The van der Waals surface area contributed by atoms with E-state index in [2.05, 4.69) is 42.5 Å². The summed E-state index contributed by atoms with van der Waals surface area (Å²) in [6.07, 6.45) is -1.23. The highest BCUT2D eigenvalue weighted by molar-refractivity contribution is 5.99. The highest BCUT2D eigenvalue weighted by Gasteiger charge is 2.36. The van der Waals surface area contributed by atoms with Gasteiger partial charge in [0.05, 0.1) is 12.5 Å². The monoisotopic (exact) mass is 1060 g/mol. The third-order valence-electron chi connectivity index (χ3n) is 11.9. The van der Waals surface area contributed by atoms with Crippen molar-refractivity contribution in [2.75, 3.05) is 0 Å². The third kappa shape index (κ3) is 23.8. The maximum absolute atomic E-state index is 14.5. The Morgan fingerprint density at radius 1 is 0.434 bits per heavy atom. The number of hydrogen-bond acceptors (Lipinski definition) is 12. The van der Waals surface area contributed by atoms with Crippen LogP contribution in [0.5, 0.6) is 0 Å². The van der Waals surface area contributed by atoms with Gasteiger partial charge in [-0.3, -0.25) is 47.9 Å². The number of carboxylic acid groups (broad SMARTS) is 1. The van der Waals surface area contributed by atoms with Crippen molar-refractivity contribution in [3.05, 3.63) is 71.8 Å². The van der Waals surface area contributed by atoms with E-state index in [1.54, 1.807) is 102 Å². The normalized spacial score (nSPS) is 14.8. The van der Waals surface area contributed by atoms with Gasteiger partial charge >= 0.3 is 5.97 Å². The van der Waals surface area contributed by atoms with Crippen LogP contribution in [0.3, 0.4) is 0 Å². The molecule has 15 N–H and O–H groups in total. The molecule has 0 aliphatic heterocycles. The van der Waals surface area contributed by atoms with Gasteiger partial charge in [-0.2, -0.15) is 0 Å². The van der Waals surface area contributed by atoms with E-state index in [0.717, 1.165) is 0 Å². The number of primary amides is 2. The lowest BCUT2D eigenvalue weighted by molar-refractivity contribution is -0.142. The zero-order chi connectivity index (χ0) is 57.4. The van der Waals surface area contributed by atoms with Gasteiger partial charge in [-0.05, 0) is 67.4 Å². The van der Waals surface area contributed by atoms with E-state index >= 15 is 0 Å². The smallest absolute Gasteiger partial charge is 0.326 e. The number of aliphatic carboxylic acids is 1. The minimum atomic E-state index is -1.63. The highest BCUT2D eigenvalue weighted by atomic mass is 16.4. The van der Waals surface area contributed by atoms with Crippen molar-refractivity contribution in [3.8, 4) is 0 Å². The second-order valence-electron chi connectivity index (χ2n) is 20.7. The number of amides is 10. The van der Waals surface area contributed by atoms with Crippen LogP contribution in [-0.2, 0) is 65.6 Å². The molecule has 0 heterocycles. The molecule has 2 rings (SSSR count). The highest BCUT2D eigenvalue weighted by Crippen LogP contribution is 2.13. The van der Waals surface area contributed by atoms with Crippen molar-refractivity contribution < 1.29 is 57.8 Å². The second kappa shape index (κ2) is 32.1. The summed E-state index contributed by atoms with van der Waals surface area (Å²) >= 11 is 0. The van der Waals surface area contributed by atoms with Gasteiger partial charge in [-0.25, -0.2) is 4.79 Å². The number of carbonyl (C=O) groups excluding carboxylic acids is 10. The quantitative estimate of drug-likeness (QED) is 0.0438. The van der Waals surface area contributed by atoms with Gasteiger partial charge in [0, 0.05) is 19.3 Å². The van der Waals surface area contributed by atoms with Crippen molar-refractivity contribution >= 4 is 65.0 Å². The number of carbonyl (C=O) groups is 11. The summed E-state index contributed by atoms with van der Waals surface area (Å²) in [5.41, 5.74) is 18.2. The van der Waals surface area contributed by atoms with Crippen LogP contribution in [0.15, 0.2) is 60.7 Å². The van der Waals surface area contributed by atoms with E-state index in [9.17, 15) is 57.8 Å². The summed E-state index contributed by atoms with van der Waals surface area (Å²) in [5.74, 6) is -10.6. The molecule has 0 spiro atoms. The molecule has 0 saturated carbocycles. The molecule has 9 atom stereocenters. The Kier molecular flexibility index (Phi) is 27.3. The number of rotatable bonds is 33. The van der Waals surface area contributed by atoms with Gasteiger partial charge < -0.3 is 64.8 Å². The molecule has 76 heavy (non-hydrogen) atoms. The van der Waals surface area contributed by atoms with Gasteiger partial charge in [0.2, 0.25) is 59.1 Å². The molecule has 0 bridgehead atoms. The number of nitrogens with two attached hydrogens (primary N) is 3. The molecule has 0 aromatic heterocycles. The molecular formula is C53H81N11O12. The maximum Gasteiger partial charge on any atom is 0.326 e. The predicted octanol–water partition coefficient (Wildman–Crippen LogP) is -0.283.